The highest BCUT2D eigenvalue weighted by Crippen LogP contribution is 2.36. The maximum absolute atomic E-state index is 12.8. The minimum atomic E-state index is -0.419. The van der Waals surface area contributed by atoms with Crippen LogP contribution in [-0.4, -0.2) is 41.6 Å². The van der Waals surface area contributed by atoms with Crippen molar-refractivity contribution in [1.82, 2.24) is 34.4 Å². The van der Waals surface area contributed by atoms with E-state index in [1.165, 1.54) is 23.9 Å². The summed E-state index contributed by atoms with van der Waals surface area (Å²) in [7, 11) is 1.48. The van der Waals surface area contributed by atoms with E-state index in [2.05, 4.69) is 20.5 Å². The highest BCUT2D eigenvalue weighted by molar-refractivity contribution is 5.91. The van der Waals surface area contributed by atoms with Crippen LogP contribution in [0.25, 0.3) is 11.4 Å². The standard InChI is InChI=1S/C18H19N7O3/c1-23-15(26)7-6-14(21-23)17(27)20-9-10-24-18(28)25(13-4-5-13)16(22-24)12-3-2-8-19-11-12/h2-3,6-8,11,13H,4-5,9-10H2,1H3,(H,20,27). The molecule has 1 fully saturated rings. The summed E-state index contributed by atoms with van der Waals surface area (Å²) < 4.78 is 4.15. The molecule has 144 valence electrons. The fraction of sp³-hybridized carbons (Fsp3) is 0.333. The second-order valence-corrected chi connectivity index (χ2v) is 6.61. The van der Waals surface area contributed by atoms with Crippen LogP contribution < -0.4 is 16.6 Å². The molecule has 0 spiro atoms. The third kappa shape index (κ3) is 3.48. The summed E-state index contributed by atoms with van der Waals surface area (Å²) in [6.07, 6.45) is 5.25. The highest BCUT2D eigenvalue weighted by atomic mass is 16.2. The number of rotatable bonds is 6. The van der Waals surface area contributed by atoms with Gasteiger partial charge in [-0.05, 0) is 31.0 Å². The minimum absolute atomic E-state index is 0.133. The molecule has 1 aliphatic rings. The fourth-order valence-corrected chi connectivity index (χ4v) is 2.91. The van der Waals surface area contributed by atoms with E-state index in [-0.39, 0.29) is 36.1 Å². The van der Waals surface area contributed by atoms with Crippen molar-refractivity contribution in [2.24, 2.45) is 7.05 Å². The number of nitrogens with one attached hydrogen (secondary N) is 1. The van der Waals surface area contributed by atoms with Crippen LogP contribution >= 0.6 is 0 Å². The number of nitrogens with zero attached hydrogens (tertiary/aromatic N) is 6. The summed E-state index contributed by atoms with van der Waals surface area (Å²) in [5.41, 5.74) is 0.421. The second kappa shape index (κ2) is 7.22. The maximum atomic E-state index is 12.8. The minimum Gasteiger partial charge on any atom is -0.349 e. The predicted molar refractivity (Wildman–Crippen MR) is 99.8 cm³/mol. The summed E-state index contributed by atoms with van der Waals surface area (Å²) >= 11 is 0. The van der Waals surface area contributed by atoms with Crippen molar-refractivity contribution in [2.45, 2.75) is 25.4 Å². The number of hydrogen-bond acceptors (Lipinski definition) is 6. The van der Waals surface area contributed by atoms with Crippen LogP contribution in [0.2, 0.25) is 0 Å². The third-order valence-corrected chi connectivity index (χ3v) is 4.50. The van der Waals surface area contributed by atoms with Gasteiger partial charge in [-0.3, -0.25) is 19.1 Å². The summed E-state index contributed by atoms with van der Waals surface area (Å²) in [4.78, 5) is 40.4. The summed E-state index contributed by atoms with van der Waals surface area (Å²) in [5, 5.41) is 11.0. The number of hydrogen-bond donors (Lipinski definition) is 1. The maximum Gasteiger partial charge on any atom is 0.346 e. The Kier molecular flexibility index (Phi) is 4.60. The molecule has 0 bridgehead atoms. The normalized spacial score (nSPS) is 13.5. The lowest BCUT2D eigenvalue weighted by molar-refractivity contribution is 0.0944. The monoisotopic (exact) mass is 381 g/mol. The van der Waals surface area contributed by atoms with Gasteiger partial charge in [-0.15, -0.1) is 5.10 Å². The van der Waals surface area contributed by atoms with Gasteiger partial charge in [-0.2, -0.15) is 5.10 Å². The fourth-order valence-electron chi connectivity index (χ4n) is 2.91. The lowest BCUT2D eigenvalue weighted by atomic mass is 10.3. The summed E-state index contributed by atoms with van der Waals surface area (Å²) in [5.74, 6) is 0.171. The lowest BCUT2D eigenvalue weighted by Gasteiger charge is -2.05. The van der Waals surface area contributed by atoms with E-state index in [1.54, 1.807) is 23.0 Å². The number of pyridine rings is 1. The molecule has 3 aromatic rings. The van der Waals surface area contributed by atoms with E-state index in [1.807, 2.05) is 6.07 Å². The number of carbonyl (C=O) groups is 1. The first-order chi connectivity index (χ1) is 13.5. The first-order valence-electron chi connectivity index (χ1n) is 8.97. The average molecular weight is 381 g/mol. The second-order valence-electron chi connectivity index (χ2n) is 6.61. The largest absolute Gasteiger partial charge is 0.349 e. The Morgan fingerprint density at radius 2 is 2.04 bits per heavy atom. The first-order valence-corrected chi connectivity index (χ1v) is 8.97. The third-order valence-electron chi connectivity index (χ3n) is 4.50. The van der Waals surface area contributed by atoms with Crippen LogP contribution in [0.5, 0.6) is 0 Å². The Morgan fingerprint density at radius 1 is 1.21 bits per heavy atom. The molecule has 3 aromatic heterocycles. The van der Waals surface area contributed by atoms with Crippen LogP contribution in [-0.2, 0) is 13.6 Å². The molecule has 1 N–H and O–H groups in total. The van der Waals surface area contributed by atoms with Gasteiger partial charge in [0.05, 0.1) is 6.54 Å². The molecule has 4 rings (SSSR count). The Labute approximate surface area is 159 Å². The smallest absolute Gasteiger partial charge is 0.346 e. The zero-order chi connectivity index (χ0) is 19.7. The van der Waals surface area contributed by atoms with Gasteiger partial charge >= 0.3 is 5.69 Å². The quantitative estimate of drug-likeness (QED) is 0.641. The van der Waals surface area contributed by atoms with Crippen LogP contribution in [0.1, 0.15) is 29.4 Å². The van der Waals surface area contributed by atoms with Gasteiger partial charge in [0.2, 0.25) is 0 Å². The molecule has 10 heteroatoms. The van der Waals surface area contributed by atoms with Gasteiger partial charge in [0.1, 0.15) is 5.69 Å². The highest BCUT2D eigenvalue weighted by Gasteiger charge is 2.30. The van der Waals surface area contributed by atoms with Crippen molar-refractivity contribution in [3.8, 4) is 11.4 Å². The molecular weight excluding hydrogens is 362 g/mol. The molecule has 10 nitrogen and oxygen atoms in total. The first kappa shape index (κ1) is 17.8. The van der Waals surface area contributed by atoms with Gasteiger partial charge in [0.15, 0.2) is 5.82 Å². The topological polar surface area (TPSA) is 117 Å². The SMILES string of the molecule is Cn1nc(C(=O)NCCn2nc(-c3cccnc3)n(C3CC3)c2=O)ccc1=O. The molecule has 0 aromatic carbocycles. The summed E-state index contributed by atoms with van der Waals surface area (Å²) in [6, 6.07) is 6.48. The average Bonchev–Trinajstić information content (AvgIpc) is 3.48. The van der Waals surface area contributed by atoms with Gasteiger partial charge < -0.3 is 5.32 Å². The molecule has 1 aliphatic carbocycles. The van der Waals surface area contributed by atoms with Crippen molar-refractivity contribution < 1.29 is 4.79 Å². The van der Waals surface area contributed by atoms with Crippen molar-refractivity contribution >= 4 is 5.91 Å². The van der Waals surface area contributed by atoms with E-state index >= 15 is 0 Å². The van der Waals surface area contributed by atoms with Gasteiger partial charge in [-0.25, -0.2) is 14.2 Å². The van der Waals surface area contributed by atoms with E-state index in [4.69, 9.17) is 0 Å². The van der Waals surface area contributed by atoms with E-state index in [0.717, 1.165) is 23.1 Å². The van der Waals surface area contributed by atoms with Crippen LogP contribution in [0.4, 0.5) is 0 Å². The van der Waals surface area contributed by atoms with Crippen molar-refractivity contribution in [2.75, 3.05) is 6.54 Å². The zero-order valence-electron chi connectivity index (χ0n) is 15.3. The van der Waals surface area contributed by atoms with E-state index < -0.39 is 5.91 Å². The molecule has 0 radical (unpaired) electrons. The molecule has 28 heavy (non-hydrogen) atoms. The Bertz CT molecular complexity index is 1130. The van der Waals surface area contributed by atoms with Crippen LogP contribution in [0.15, 0.2) is 46.2 Å². The van der Waals surface area contributed by atoms with Gasteiger partial charge in [0.25, 0.3) is 11.5 Å². The molecule has 0 aliphatic heterocycles. The molecule has 1 saturated carbocycles. The Hall–Kier alpha value is -3.56. The van der Waals surface area contributed by atoms with Crippen LogP contribution in [0, 0.1) is 0 Å². The Balaban J connectivity index is 1.49. The lowest BCUT2D eigenvalue weighted by Crippen LogP contribution is -2.33. The van der Waals surface area contributed by atoms with Crippen molar-refractivity contribution in [3.63, 3.8) is 0 Å². The zero-order valence-corrected chi connectivity index (χ0v) is 15.3. The predicted octanol–water partition coefficient (Wildman–Crippen LogP) is -0.0346. The number of aryl methyl sites for hydroxylation is 1. The molecule has 3 heterocycles. The van der Waals surface area contributed by atoms with Crippen LogP contribution in [0.3, 0.4) is 0 Å². The van der Waals surface area contributed by atoms with E-state index in [9.17, 15) is 14.4 Å². The molecular formula is C18H19N7O3. The number of aromatic nitrogens is 6. The van der Waals surface area contributed by atoms with Gasteiger partial charge in [0, 0.05) is 43.7 Å². The molecule has 0 atom stereocenters. The summed E-state index contributed by atoms with van der Waals surface area (Å²) in [6.45, 7) is 0.431. The van der Waals surface area contributed by atoms with Gasteiger partial charge in [-0.1, -0.05) is 0 Å². The Morgan fingerprint density at radius 3 is 2.71 bits per heavy atom. The number of carbonyl (C=O) groups excluding carboxylic acids is 1. The molecule has 0 unspecified atom stereocenters. The molecule has 0 saturated heterocycles. The van der Waals surface area contributed by atoms with Crippen molar-refractivity contribution in [3.05, 3.63) is 63.2 Å². The molecule has 1 amide bonds. The number of amides is 1. The van der Waals surface area contributed by atoms with Crippen molar-refractivity contribution in [1.29, 1.82) is 0 Å². The van der Waals surface area contributed by atoms with E-state index in [0.29, 0.717) is 5.82 Å².